The fourth-order valence-electron chi connectivity index (χ4n) is 3.04. The molecular formula is C19H20ClN3O4S. The molecule has 1 aromatic heterocycles. The second-order valence-corrected chi connectivity index (χ2v) is 9.03. The lowest BCUT2D eigenvalue weighted by atomic mass is 10.2. The van der Waals surface area contributed by atoms with Crippen LogP contribution in [-0.4, -0.2) is 36.0 Å². The summed E-state index contributed by atoms with van der Waals surface area (Å²) >= 11 is 6.22. The second-order valence-electron chi connectivity index (χ2n) is 6.47. The molecule has 2 aromatic carbocycles. The van der Waals surface area contributed by atoms with Gasteiger partial charge in [-0.15, -0.1) is 0 Å². The lowest BCUT2D eigenvalue weighted by Crippen LogP contribution is -2.41. The lowest BCUT2D eigenvalue weighted by molar-refractivity contribution is 0.521. The number of sulfonamides is 1. The van der Waals surface area contributed by atoms with Gasteiger partial charge in [-0.05, 0) is 36.8 Å². The monoisotopic (exact) mass is 421 g/mol. The van der Waals surface area contributed by atoms with Crippen LogP contribution in [0.25, 0.3) is 11.0 Å². The summed E-state index contributed by atoms with van der Waals surface area (Å²) in [4.78, 5) is 25.4. The van der Waals surface area contributed by atoms with Crippen molar-refractivity contribution in [3.63, 3.8) is 0 Å². The molecule has 28 heavy (non-hydrogen) atoms. The van der Waals surface area contributed by atoms with Gasteiger partial charge in [-0.1, -0.05) is 29.8 Å². The van der Waals surface area contributed by atoms with Gasteiger partial charge in [0.05, 0.1) is 22.5 Å². The zero-order valence-electron chi connectivity index (χ0n) is 15.7. The number of nitrogens with zero attached hydrogens (tertiary/aromatic N) is 3. The SMILES string of the molecule is CCn1c(=O)c(=O)n(Cc2ccccc2Cl)c2cc(S(=O)(=O)N(C)C)ccc21. The van der Waals surface area contributed by atoms with Crippen LogP contribution in [0.1, 0.15) is 12.5 Å². The van der Waals surface area contributed by atoms with Gasteiger partial charge < -0.3 is 4.57 Å². The van der Waals surface area contributed by atoms with Crippen LogP contribution in [0, 0.1) is 0 Å². The Balaban J connectivity index is 2.38. The molecular weight excluding hydrogens is 402 g/mol. The molecule has 0 spiro atoms. The van der Waals surface area contributed by atoms with Gasteiger partial charge >= 0.3 is 11.1 Å². The molecule has 0 atom stereocenters. The van der Waals surface area contributed by atoms with Crippen LogP contribution in [0.15, 0.2) is 56.9 Å². The topological polar surface area (TPSA) is 81.4 Å². The van der Waals surface area contributed by atoms with Crippen LogP contribution >= 0.6 is 11.6 Å². The van der Waals surface area contributed by atoms with Crippen LogP contribution in [0.4, 0.5) is 0 Å². The highest BCUT2D eigenvalue weighted by Gasteiger charge is 2.20. The summed E-state index contributed by atoms with van der Waals surface area (Å²) in [5, 5.41) is 0.458. The molecule has 0 saturated carbocycles. The molecule has 7 nitrogen and oxygen atoms in total. The first kappa shape index (κ1) is 20.3. The number of benzene rings is 2. The van der Waals surface area contributed by atoms with E-state index < -0.39 is 21.1 Å². The van der Waals surface area contributed by atoms with Gasteiger partial charge in [-0.2, -0.15) is 0 Å². The summed E-state index contributed by atoms with van der Waals surface area (Å²) in [6, 6.07) is 11.4. The quantitative estimate of drug-likeness (QED) is 0.591. The van der Waals surface area contributed by atoms with Gasteiger partial charge in [-0.25, -0.2) is 12.7 Å². The number of fused-ring (bicyclic) bond motifs is 1. The van der Waals surface area contributed by atoms with Gasteiger partial charge in [0.2, 0.25) is 10.0 Å². The van der Waals surface area contributed by atoms with Crippen molar-refractivity contribution in [3.05, 3.63) is 73.8 Å². The largest absolute Gasteiger partial charge is 0.317 e. The summed E-state index contributed by atoms with van der Waals surface area (Å²) in [5.74, 6) is 0. The molecule has 0 aliphatic carbocycles. The molecule has 0 N–H and O–H groups in total. The van der Waals surface area contributed by atoms with E-state index in [9.17, 15) is 18.0 Å². The molecule has 0 aliphatic rings. The molecule has 0 amide bonds. The van der Waals surface area contributed by atoms with Crippen molar-refractivity contribution in [2.45, 2.75) is 24.9 Å². The van der Waals surface area contributed by atoms with Crippen molar-refractivity contribution in [1.29, 1.82) is 0 Å². The fraction of sp³-hybridized carbons (Fsp3) is 0.263. The molecule has 0 bridgehead atoms. The van der Waals surface area contributed by atoms with E-state index in [0.29, 0.717) is 21.6 Å². The highest BCUT2D eigenvalue weighted by molar-refractivity contribution is 7.89. The Bertz CT molecular complexity index is 1280. The van der Waals surface area contributed by atoms with E-state index >= 15 is 0 Å². The van der Waals surface area contributed by atoms with Crippen molar-refractivity contribution in [2.75, 3.05) is 14.1 Å². The van der Waals surface area contributed by atoms with Gasteiger partial charge in [0.1, 0.15) is 0 Å². The number of halogens is 1. The molecule has 3 aromatic rings. The van der Waals surface area contributed by atoms with Crippen molar-refractivity contribution in [2.24, 2.45) is 0 Å². The highest BCUT2D eigenvalue weighted by Crippen LogP contribution is 2.22. The summed E-state index contributed by atoms with van der Waals surface area (Å²) in [6.07, 6.45) is 0. The summed E-state index contributed by atoms with van der Waals surface area (Å²) < 4.78 is 28.8. The maximum Gasteiger partial charge on any atom is 0.317 e. The van der Waals surface area contributed by atoms with Crippen LogP contribution in [0.5, 0.6) is 0 Å². The Hall–Kier alpha value is -2.42. The van der Waals surface area contributed by atoms with Crippen molar-refractivity contribution >= 4 is 32.7 Å². The minimum Gasteiger partial charge on any atom is -0.302 e. The Morgan fingerprint density at radius 1 is 0.964 bits per heavy atom. The molecule has 1 heterocycles. The van der Waals surface area contributed by atoms with E-state index in [2.05, 4.69) is 0 Å². The number of rotatable bonds is 5. The molecule has 0 saturated heterocycles. The predicted octanol–water partition coefficient (Wildman–Crippen LogP) is 2.14. The fourth-order valence-corrected chi connectivity index (χ4v) is 4.15. The Morgan fingerprint density at radius 3 is 2.21 bits per heavy atom. The highest BCUT2D eigenvalue weighted by atomic mass is 35.5. The van der Waals surface area contributed by atoms with E-state index in [1.807, 2.05) is 0 Å². The normalized spacial score (nSPS) is 12.0. The van der Waals surface area contributed by atoms with E-state index in [-0.39, 0.29) is 18.0 Å². The second kappa shape index (κ2) is 7.54. The first-order valence-corrected chi connectivity index (χ1v) is 10.4. The van der Waals surface area contributed by atoms with Crippen LogP contribution in [-0.2, 0) is 23.1 Å². The number of aromatic nitrogens is 2. The molecule has 0 unspecified atom stereocenters. The maximum absolute atomic E-state index is 12.8. The molecule has 0 fully saturated rings. The predicted molar refractivity (Wildman–Crippen MR) is 110 cm³/mol. The minimum atomic E-state index is -3.70. The number of aryl methyl sites for hydroxylation is 1. The maximum atomic E-state index is 12.8. The van der Waals surface area contributed by atoms with Crippen LogP contribution < -0.4 is 11.1 Å². The molecule has 3 rings (SSSR count). The number of hydrogen-bond donors (Lipinski definition) is 0. The van der Waals surface area contributed by atoms with E-state index in [0.717, 1.165) is 4.31 Å². The zero-order valence-corrected chi connectivity index (χ0v) is 17.3. The van der Waals surface area contributed by atoms with Crippen molar-refractivity contribution in [3.8, 4) is 0 Å². The average molecular weight is 422 g/mol. The van der Waals surface area contributed by atoms with Gasteiger partial charge in [-0.3, -0.25) is 14.2 Å². The molecule has 0 radical (unpaired) electrons. The van der Waals surface area contributed by atoms with E-state index in [1.165, 1.54) is 35.4 Å². The first-order valence-electron chi connectivity index (χ1n) is 8.61. The van der Waals surface area contributed by atoms with Crippen LogP contribution in [0.2, 0.25) is 5.02 Å². The smallest absolute Gasteiger partial charge is 0.302 e. The van der Waals surface area contributed by atoms with Crippen molar-refractivity contribution in [1.82, 2.24) is 13.4 Å². The summed E-state index contributed by atoms with van der Waals surface area (Å²) in [6.45, 7) is 2.10. The Morgan fingerprint density at radius 2 is 1.61 bits per heavy atom. The third-order valence-corrected chi connectivity index (χ3v) is 6.76. The minimum absolute atomic E-state index is 0.0404. The average Bonchev–Trinajstić information content (AvgIpc) is 2.66. The Kier molecular flexibility index (Phi) is 5.47. The number of hydrogen-bond acceptors (Lipinski definition) is 4. The van der Waals surface area contributed by atoms with Crippen LogP contribution in [0.3, 0.4) is 0 Å². The van der Waals surface area contributed by atoms with Gasteiger partial charge in [0.15, 0.2) is 0 Å². The third kappa shape index (κ3) is 3.39. The third-order valence-electron chi connectivity index (χ3n) is 4.58. The summed E-state index contributed by atoms with van der Waals surface area (Å²) in [5.41, 5.74) is 0.104. The zero-order chi connectivity index (χ0) is 20.6. The van der Waals surface area contributed by atoms with Gasteiger partial charge in [0, 0.05) is 25.7 Å². The molecule has 9 heteroatoms. The van der Waals surface area contributed by atoms with Crippen molar-refractivity contribution < 1.29 is 8.42 Å². The van der Waals surface area contributed by atoms with E-state index in [4.69, 9.17) is 11.6 Å². The van der Waals surface area contributed by atoms with E-state index in [1.54, 1.807) is 37.3 Å². The molecule has 0 aliphatic heterocycles. The lowest BCUT2D eigenvalue weighted by Gasteiger charge is -2.17. The first-order chi connectivity index (χ1) is 13.2. The van der Waals surface area contributed by atoms with Gasteiger partial charge in [0.25, 0.3) is 0 Å². The molecule has 148 valence electrons. The summed E-state index contributed by atoms with van der Waals surface area (Å²) in [7, 11) is -0.836. The standard InChI is InChI=1S/C19H20ClN3O4S/c1-4-22-16-10-9-14(28(26,27)21(2)3)11-17(16)23(19(25)18(22)24)12-13-7-5-6-8-15(13)20/h5-11H,4,12H2,1-3H3. The Labute approximate surface area is 167 Å².